The Morgan fingerprint density at radius 1 is 1.17 bits per heavy atom. The van der Waals surface area contributed by atoms with E-state index in [1.165, 1.54) is 18.1 Å². The van der Waals surface area contributed by atoms with E-state index in [-0.39, 0.29) is 29.1 Å². The average molecular weight is 542 g/mol. The molecular weight excluding hydrogens is 509 g/mol. The minimum Gasteiger partial charge on any atom is -0.497 e. The smallest absolute Gasteiger partial charge is 0.244 e. The number of nitrogens with zero attached hydrogens (tertiary/aromatic N) is 2. The normalized spacial score (nSPS) is 12.2. The predicted octanol–water partition coefficient (Wildman–Crippen LogP) is 3.83. The van der Waals surface area contributed by atoms with Gasteiger partial charge in [0.05, 0.1) is 24.1 Å². The van der Waals surface area contributed by atoms with Gasteiger partial charge in [-0.25, -0.2) is 12.8 Å². The van der Waals surface area contributed by atoms with Crippen LogP contribution in [0.15, 0.2) is 42.5 Å². The number of amides is 2. The molecule has 1 atom stereocenters. The predicted molar refractivity (Wildman–Crippen MR) is 139 cm³/mol. The highest BCUT2D eigenvalue weighted by Crippen LogP contribution is 2.25. The summed E-state index contributed by atoms with van der Waals surface area (Å²) in [6.45, 7) is 5.57. The lowest BCUT2D eigenvalue weighted by Gasteiger charge is -2.33. The molecule has 8 nitrogen and oxygen atoms in total. The Bertz CT molecular complexity index is 1180. The van der Waals surface area contributed by atoms with Crippen molar-refractivity contribution in [3.8, 4) is 5.75 Å². The molecule has 0 aliphatic heterocycles. The molecule has 0 heterocycles. The maximum absolute atomic E-state index is 13.7. The fourth-order valence-corrected chi connectivity index (χ4v) is 4.58. The Morgan fingerprint density at radius 2 is 1.86 bits per heavy atom. The van der Waals surface area contributed by atoms with Crippen molar-refractivity contribution in [2.45, 2.75) is 39.8 Å². The number of carbonyl (C=O) groups is 2. The summed E-state index contributed by atoms with van der Waals surface area (Å²) in [5.41, 5.74) is 0.740. The average Bonchev–Trinajstić information content (AvgIpc) is 2.82. The summed E-state index contributed by atoms with van der Waals surface area (Å²) in [5, 5.41) is 2.58. The lowest BCUT2D eigenvalue weighted by molar-refractivity contribution is -0.140. The highest BCUT2D eigenvalue weighted by molar-refractivity contribution is 7.92. The summed E-state index contributed by atoms with van der Waals surface area (Å²) in [6, 6.07) is 9.61. The van der Waals surface area contributed by atoms with Crippen molar-refractivity contribution in [2.75, 3.05) is 30.8 Å². The van der Waals surface area contributed by atoms with Gasteiger partial charge in [0.2, 0.25) is 21.8 Å². The van der Waals surface area contributed by atoms with Gasteiger partial charge in [-0.15, -0.1) is 0 Å². The zero-order valence-corrected chi connectivity index (χ0v) is 22.7. The van der Waals surface area contributed by atoms with Crippen LogP contribution in [0.4, 0.5) is 10.1 Å². The Balaban J connectivity index is 2.46. The fourth-order valence-electron chi connectivity index (χ4n) is 3.56. The zero-order chi connectivity index (χ0) is 27.0. The van der Waals surface area contributed by atoms with Crippen molar-refractivity contribution in [3.63, 3.8) is 0 Å². The number of halogens is 2. The van der Waals surface area contributed by atoms with Gasteiger partial charge >= 0.3 is 0 Å². The van der Waals surface area contributed by atoms with Crippen LogP contribution >= 0.6 is 11.6 Å². The molecule has 36 heavy (non-hydrogen) atoms. The van der Waals surface area contributed by atoms with Crippen LogP contribution in [0.3, 0.4) is 0 Å². The monoisotopic (exact) mass is 541 g/mol. The molecule has 0 aromatic heterocycles. The van der Waals surface area contributed by atoms with Crippen LogP contribution in [0.1, 0.15) is 32.8 Å². The number of methoxy groups -OCH3 is 1. The van der Waals surface area contributed by atoms with Crippen LogP contribution in [0.5, 0.6) is 5.75 Å². The topological polar surface area (TPSA) is 96.0 Å². The molecule has 1 N–H and O–H groups in total. The summed E-state index contributed by atoms with van der Waals surface area (Å²) < 4.78 is 45.0. The number of benzene rings is 2. The zero-order valence-electron chi connectivity index (χ0n) is 21.1. The van der Waals surface area contributed by atoms with Gasteiger partial charge in [-0.1, -0.05) is 44.5 Å². The van der Waals surface area contributed by atoms with Gasteiger partial charge in [0, 0.05) is 13.1 Å². The van der Waals surface area contributed by atoms with E-state index >= 15 is 0 Å². The van der Waals surface area contributed by atoms with Gasteiger partial charge in [0.15, 0.2) is 0 Å². The third-order valence-electron chi connectivity index (χ3n) is 5.43. The standard InChI is InChI=1S/C25H33ClFN3O5S/c1-6-23(25(32)28-14-17(2)3)29(15-18-8-7-9-20(12-18)35-4)24(31)16-30(36(5,33)34)19-10-11-22(27)21(26)13-19/h7-13,17,23H,6,14-16H2,1-5H3,(H,28,32)/t23-/m0/s1. The Labute approximate surface area is 217 Å². The lowest BCUT2D eigenvalue weighted by atomic mass is 10.1. The second-order valence-electron chi connectivity index (χ2n) is 8.80. The SMILES string of the molecule is CC[C@@H](C(=O)NCC(C)C)N(Cc1cccc(OC)c1)C(=O)CN(c1ccc(F)c(Cl)c1)S(C)(=O)=O. The molecule has 11 heteroatoms. The second-order valence-corrected chi connectivity index (χ2v) is 11.1. The number of sulfonamides is 1. The first-order chi connectivity index (χ1) is 16.9. The third-order valence-corrected chi connectivity index (χ3v) is 6.86. The van der Waals surface area contributed by atoms with Crippen molar-refractivity contribution >= 4 is 39.1 Å². The Hall–Kier alpha value is -2.85. The maximum Gasteiger partial charge on any atom is 0.244 e. The van der Waals surface area contributed by atoms with Gasteiger partial charge in [-0.3, -0.25) is 13.9 Å². The summed E-state index contributed by atoms with van der Waals surface area (Å²) >= 11 is 5.86. The summed E-state index contributed by atoms with van der Waals surface area (Å²) in [5.74, 6) is -0.866. The summed E-state index contributed by atoms with van der Waals surface area (Å²) in [7, 11) is -2.43. The first kappa shape index (κ1) is 29.4. The fraction of sp³-hybridized carbons (Fsp3) is 0.440. The van der Waals surface area contributed by atoms with Gasteiger partial charge in [0.25, 0.3) is 0 Å². The van der Waals surface area contributed by atoms with Crippen LogP contribution in [-0.2, 0) is 26.2 Å². The van der Waals surface area contributed by atoms with Crippen molar-refractivity contribution in [1.29, 1.82) is 0 Å². The number of rotatable bonds is 12. The van der Waals surface area contributed by atoms with Gasteiger partial charge in [0.1, 0.15) is 24.2 Å². The highest BCUT2D eigenvalue weighted by Gasteiger charge is 2.32. The quantitative estimate of drug-likeness (QED) is 0.440. The molecule has 0 fully saturated rings. The molecule has 0 saturated heterocycles. The van der Waals surface area contributed by atoms with E-state index in [1.54, 1.807) is 31.2 Å². The molecule has 0 aliphatic rings. The number of carbonyl (C=O) groups excluding carboxylic acids is 2. The highest BCUT2D eigenvalue weighted by atomic mass is 35.5. The number of nitrogens with one attached hydrogen (secondary N) is 1. The molecule has 0 spiro atoms. The molecule has 2 amide bonds. The van der Waals surface area contributed by atoms with E-state index in [0.29, 0.717) is 24.3 Å². The minimum absolute atomic E-state index is 0.0379. The number of ether oxygens (including phenoxy) is 1. The largest absolute Gasteiger partial charge is 0.497 e. The molecule has 0 radical (unpaired) electrons. The Morgan fingerprint density at radius 3 is 2.42 bits per heavy atom. The summed E-state index contributed by atoms with van der Waals surface area (Å²) in [6.07, 6.45) is 1.25. The van der Waals surface area contributed by atoms with Crippen molar-refractivity contribution in [1.82, 2.24) is 10.2 Å². The number of anilines is 1. The third kappa shape index (κ3) is 8.09. The first-order valence-electron chi connectivity index (χ1n) is 11.5. The Kier molecular flexibility index (Phi) is 10.5. The first-order valence-corrected chi connectivity index (χ1v) is 13.7. The van der Waals surface area contributed by atoms with E-state index < -0.39 is 34.3 Å². The van der Waals surface area contributed by atoms with E-state index in [9.17, 15) is 22.4 Å². The van der Waals surface area contributed by atoms with Crippen LogP contribution < -0.4 is 14.4 Å². The van der Waals surface area contributed by atoms with Crippen molar-refractivity contribution in [2.24, 2.45) is 5.92 Å². The van der Waals surface area contributed by atoms with E-state index in [4.69, 9.17) is 16.3 Å². The van der Waals surface area contributed by atoms with E-state index in [2.05, 4.69) is 5.32 Å². The lowest BCUT2D eigenvalue weighted by Crippen LogP contribution is -2.52. The minimum atomic E-state index is -3.95. The van der Waals surface area contributed by atoms with Crippen LogP contribution in [0, 0.1) is 11.7 Å². The van der Waals surface area contributed by atoms with Crippen LogP contribution in [0.2, 0.25) is 5.02 Å². The molecule has 2 rings (SSSR count). The van der Waals surface area contributed by atoms with E-state index in [0.717, 1.165) is 22.7 Å². The summed E-state index contributed by atoms with van der Waals surface area (Å²) in [4.78, 5) is 28.0. The van der Waals surface area contributed by atoms with Crippen molar-refractivity contribution < 1.29 is 27.1 Å². The number of hydrogen-bond donors (Lipinski definition) is 1. The molecule has 198 valence electrons. The second kappa shape index (κ2) is 12.9. The molecule has 2 aromatic rings. The van der Waals surface area contributed by atoms with Crippen LogP contribution in [0.25, 0.3) is 0 Å². The van der Waals surface area contributed by atoms with Crippen molar-refractivity contribution in [3.05, 3.63) is 58.9 Å². The molecule has 0 unspecified atom stereocenters. The molecule has 2 aromatic carbocycles. The number of hydrogen-bond acceptors (Lipinski definition) is 5. The van der Waals surface area contributed by atoms with Crippen LogP contribution in [-0.4, -0.2) is 57.6 Å². The van der Waals surface area contributed by atoms with Gasteiger partial charge in [-0.2, -0.15) is 0 Å². The molecular formula is C25H33ClFN3O5S. The van der Waals surface area contributed by atoms with E-state index in [1.807, 2.05) is 13.8 Å². The molecule has 0 bridgehead atoms. The molecule has 0 aliphatic carbocycles. The maximum atomic E-state index is 13.7. The van der Waals surface area contributed by atoms with Gasteiger partial charge in [-0.05, 0) is 48.2 Å². The van der Waals surface area contributed by atoms with Gasteiger partial charge < -0.3 is 15.0 Å². The molecule has 0 saturated carbocycles.